The number of anilines is 3. The molecule has 1 spiro atoms. The summed E-state index contributed by atoms with van der Waals surface area (Å²) in [6.45, 7) is 18.8. The van der Waals surface area contributed by atoms with Crippen LogP contribution in [0.1, 0.15) is 99.9 Å². The van der Waals surface area contributed by atoms with Gasteiger partial charge in [-0.3, -0.25) is 0 Å². The molecule has 9 aromatic carbocycles. The molecule has 326 valence electrons. The zero-order chi connectivity index (χ0) is 46.0. The van der Waals surface area contributed by atoms with Crippen LogP contribution < -0.4 is 4.90 Å². The molecule has 0 aromatic heterocycles. The Balaban J connectivity index is 1.11. The summed E-state index contributed by atoms with van der Waals surface area (Å²) in [5.74, 6) is 0. The molecule has 0 amide bonds. The number of hydrogen-bond acceptors (Lipinski definition) is 1. The summed E-state index contributed by atoms with van der Waals surface area (Å²) < 4.78 is 0. The van der Waals surface area contributed by atoms with Crippen LogP contribution in [-0.4, -0.2) is 0 Å². The quantitative estimate of drug-likeness (QED) is 0.167. The first-order chi connectivity index (χ1) is 32.2. The average Bonchev–Trinajstić information content (AvgIpc) is 3.89. The molecule has 0 unspecified atom stereocenters. The molecule has 0 heterocycles. The molecule has 0 atom stereocenters. The predicted molar refractivity (Wildman–Crippen MR) is 283 cm³/mol. The van der Waals surface area contributed by atoms with Crippen molar-refractivity contribution in [2.75, 3.05) is 4.90 Å². The second-order valence-electron chi connectivity index (χ2n) is 21.7. The summed E-state index contributed by atoms with van der Waals surface area (Å²) in [5, 5.41) is 0. The van der Waals surface area contributed by atoms with Gasteiger partial charge in [-0.1, -0.05) is 219 Å². The molecule has 0 saturated carbocycles. The lowest BCUT2D eigenvalue weighted by Gasteiger charge is -2.34. The highest BCUT2D eigenvalue weighted by Gasteiger charge is 2.52. The van der Waals surface area contributed by atoms with Crippen molar-refractivity contribution in [1.82, 2.24) is 0 Å². The van der Waals surface area contributed by atoms with Crippen LogP contribution in [0.5, 0.6) is 0 Å². The Labute approximate surface area is 397 Å². The number of nitrogens with zero attached hydrogens (tertiary/aromatic N) is 1. The maximum absolute atomic E-state index is 2.55. The molecule has 0 radical (unpaired) electrons. The summed E-state index contributed by atoms with van der Waals surface area (Å²) in [4.78, 5) is 2.52. The van der Waals surface area contributed by atoms with E-state index in [0.29, 0.717) is 0 Å². The molecule has 0 bridgehead atoms. The minimum atomic E-state index is -0.517. The molecule has 9 aromatic rings. The van der Waals surface area contributed by atoms with Gasteiger partial charge in [0, 0.05) is 22.4 Å². The number of para-hydroxylation sites is 1. The Hall–Kier alpha value is -7.22. The molecule has 67 heavy (non-hydrogen) atoms. The van der Waals surface area contributed by atoms with Crippen molar-refractivity contribution in [2.45, 2.75) is 77.0 Å². The highest BCUT2D eigenvalue weighted by Crippen LogP contribution is 2.64. The maximum atomic E-state index is 2.55. The van der Waals surface area contributed by atoms with Crippen molar-refractivity contribution in [1.29, 1.82) is 0 Å². The largest absolute Gasteiger partial charge is 0.310 e. The molecule has 0 aliphatic heterocycles. The molecule has 1 nitrogen and oxygen atoms in total. The zero-order valence-electron chi connectivity index (χ0n) is 40.0. The minimum absolute atomic E-state index is 0.0219. The smallest absolute Gasteiger partial charge is 0.0726 e. The summed E-state index contributed by atoms with van der Waals surface area (Å²) in [5.41, 5.74) is 26.4. The fourth-order valence-corrected chi connectivity index (χ4v) is 11.9. The van der Waals surface area contributed by atoms with Crippen LogP contribution in [0.2, 0.25) is 0 Å². The highest BCUT2D eigenvalue weighted by molar-refractivity contribution is 5.98. The fourth-order valence-electron chi connectivity index (χ4n) is 11.9. The first-order valence-electron chi connectivity index (χ1n) is 24.1. The lowest BCUT2D eigenvalue weighted by atomic mass is 9.68. The van der Waals surface area contributed by atoms with Gasteiger partial charge in [0.1, 0.15) is 0 Å². The summed E-state index contributed by atoms with van der Waals surface area (Å²) >= 11 is 0. The molecule has 0 fully saturated rings. The third kappa shape index (κ3) is 6.13. The molecular weight excluding hydrogens is 807 g/mol. The second kappa shape index (κ2) is 14.6. The number of rotatable bonds is 5. The first kappa shape index (κ1) is 41.2. The normalized spacial score (nSPS) is 14.5. The van der Waals surface area contributed by atoms with Crippen molar-refractivity contribution in [3.05, 3.63) is 245 Å². The van der Waals surface area contributed by atoms with Crippen LogP contribution in [0.4, 0.5) is 17.1 Å². The third-order valence-corrected chi connectivity index (χ3v) is 15.4. The van der Waals surface area contributed by atoms with E-state index in [2.05, 4.69) is 260 Å². The Bertz CT molecular complexity index is 3400. The lowest BCUT2D eigenvalue weighted by Crippen LogP contribution is -2.27. The van der Waals surface area contributed by atoms with Gasteiger partial charge in [-0.2, -0.15) is 0 Å². The Morgan fingerprint density at radius 3 is 1.43 bits per heavy atom. The average molecular weight is 864 g/mol. The van der Waals surface area contributed by atoms with Crippen LogP contribution in [0.25, 0.3) is 55.6 Å². The Morgan fingerprint density at radius 1 is 0.313 bits per heavy atom. The van der Waals surface area contributed by atoms with Gasteiger partial charge in [0.2, 0.25) is 0 Å². The van der Waals surface area contributed by atoms with Gasteiger partial charge >= 0.3 is 0 Å². The van der Waals surface area contributed by atoms with Gasteiger partial charge in [-0.05, 0) is 142 Å². The van der Waals surface area contributed by atoms with Crippen molar-refractivity contribution in [3.8, 4) is 55.6 Å². The third-order valence-electron chi connectivity index (χ3n) is 15.4. The van der Waals surface area contributed by atoms with Gasteiger partial charge in [-0.25, -0.2) is 0 Å². The summed E-state index contributed by atoms with van der Waals surface area (Å²) in [6, 6.07) is 76.3. The monoisotopic (exact) mass is 863 g/mol. The zero-order valence-corrected chi connectivity index (χ0v) is 40.0. The van der Waals surface area contributed by atoms with Crippen LogP contribution in [0, 0.1) is 0 Å². The second-order valence-corrected chi connectivity index (χ2v) is 21.7. The number of benzene rings is 9. The van der Waals surface area contributed by atoms with Gasteiger partial charge in [0.05, 0.1) is 11.1 Å². The molecule has 3 aliphatic carbocycles. The Morgan fingerprint density at radius 2 is 0.776 bits per heavy atom. The van der Waals surface area contributed by atoms with E-state index in [1.807, 2.05) is 0 Å². The maximum Gasteiger partial charge on any atom is 0.0726 e. The topological polar surface area (TPSA) is 3.24 Å². The van der Waals surface area contributed by atoms with Crippen molar-refractivity contribution >= 4 is 17.1 Å². The first-order valence-corrected chi connectivity index (χ1v) is 24.1. The minimum Gasteiger partial charge on any atom is -0.310 e. The van der Waals surface area contributed by atoms with Gasteiger partial charge in [-0.15, -0.1) is 0 Å². The van der Waals surface area contributed by atoms with E-state index in [4.69, 9.17) is 0 Å². The molecule has 0 saturated heterocycles. The molecule has 1 heteroatoms. The summed E-state index contributed by atoms with van der Waals surface area (Å²) in [7, 11) is 0. The Kier molecular flexibility index (Phi) is 9.01. The van der Waals surface area contributed by atoms with E-state index in [1.165, 1.54) is 100 Å². The number of hydrogen-bond donors (Lipinski definition) is 0. The highest BCUT2D eigenvalue weighted by atomic mass is 15.1. The molecule has 0 N–H and O–H groups in total. The van der Waals surface area contributed by atoms with E-state index in [9.17, 15) is 0 Å². The van der Waals surface area contributed by atoms with Gasteiger partial charge in [0.15, 0.2) is 0 Å². The van der Waals surface area contributed by atoms with Gasteiger partial charge in [0.25, 0.3) is 0 Å². The standard InChI is InChI=1S/C66H57N/c1-63(2,3)45-30-34-53-54-35-31-46(64(4,5)6)40-60(54)66(59(53)39-45)57-27-16-13-25-51(57)55-36-32-48(41-61(55)66)67(62-28-17-14-23-49(62)42-19-10-9-11-20-42)47-22-18-21-43(37-47)44-29-33-52-50-24-12-15-26-56(50)65(7,8)58(52)38-44/h9-41H,1-8H3. The molecule has 12 rings (SSSR count). The number of fused-ring (bicyclic) bond motifs is 13. The van der Waals surface area contributed by atoms with Crippen molar-refractivity contribution < 1.29 is 0 Å². The van der Waals surface area contributed by atoms with Crippen molar-refractivity contribution in [2.24, 2.45) is 0 Å². The van der Waals surface area contributed by atoms with Gasteiger partial charge < -0.3 is 4.90 Å². The van der Waals surface area contributed by atoms with Crippen LogP contribution in [-0.2, 0) is 21.7 Å². The predicted octanol–water partition coefficient (Wildman–Crippen LogP) is 17.7. The summed E-state index contributed by atoms with van der Waals surface area (Å²) in [6.07, 6.45) is 0. The van der Waals surface area contributed by atoms with Crippen LogP contribution in [0.3, 0.4) is 0 Å². The van der Waals surface area contributed by atoms with E-state index in [0.717, 1.165) is 17.1 Å². The van der Waals surface area contributed by atoms with Crippen molar-refractivity contribution in [3.63, 3.8) is 0 Å². The van der Waals surface area contributed by atoms with E-state index >= 15 is 0 Å². The lowest BCUT2D eigenvalue weighted by molar-refractivity contribution is 0.586. The van der Waals surface area contributed by atoms with Crippen LogP contribution >= 0.6 is 0 Å². The van der Waals surface area contributed by atoms with E-state index < -0.39 is 5.41 Å². The SMILES string of the molecule is CC(C)(C)c1ccc2c(c1)C1(c3ccccc3-c3ccc(N(c4cccc(-c5ccc6c(c5)C(C)(C)c5ccccc5-6)c4)c4ccccc4-c4ccccc4)cc31)c1cc(C(C)(C)C)ccc1-2. The van der Waals surface area contributed by atoms with E-state index in [1.54, 1.807) is 0 Å². The molecule has 3 aliphatic rings. The van der Waals surface area contributed by atoms with E-state index in [-0.39, 0.29) is 16.2 Å². The fraction of sp³-hybridized carbons (Fsp3) is 0.182. The molecular formula is C66H57N. The van der Waals surface area contributed by atoms with Crippen LogP contribution in [0.15, 0.2) is 200 Å².